The molecule has 1 aromatic heterocycles. The molecule has 1 aromatic carbocycles. The lowest BCUT2D eigenvalue weighted by atomic mass is 10.1. The molecule has 0 spiro atoms. The van der Waals surface area contributed by atoms with Crippen molar-refractivity contribution in [1.29, 1.82) is 0 Å². The van der Waals surface area contributed by atoms with E-state index >= 15 is 0 Å². The molecule has 1 atom stereocenters. The van der Waals surface area contributed by atoms with Gasteiger partial charge in [0.25, 0.3) is 0 Å². The third kappa shape index (κ3) is 2.66. The number of nitrogens with one attached hydrogen (secondary N) is 1. The van der Waals surface area contributed by atoms with Gasteiger partial charge in [-0.25, -0.2) is 8.60 Å². The molecule has 6 heteroatoms. The maximum atomic E-state index is 13.7. The summed E-state index contributed by atoms with van der Waals surface area (Å²) >= 11 is -2.08. The Labute approximate surface area is 106 Å². The Balaban J connectivity index is 2.41. The number of aromatic amines is 1. The lowest BCUT2D eigenvalue weighted by Crippen LogP contribution is -1.91. The number of hydrogen-bond acceptors (Lipinski definition) is 2. The Kier molecular flexibility index (Phi) is 3.90. The molecule has 0 saturated heterocycles. The molecule has 2 N–H and O–H groups in total. The Hall–Kier alpha value is -1.50. The maximum Gasteiger partial charge on any atom is 0.188 e. The van der Waals surface area contributed by atoms with E-state index in [0.717, 1.165) is 5.56 Å². The lowest BCUT2D eigenvalue weighted by Gasteiger charge is -2.04. The molecule has 18 heavy (non-hydrogen) atoms. The third-order valence-corrected chi connectivity index (χ3v) is 3.13. The van der Waals surface area contributed by atoms with Gasteiger partial charge in [0.2, 0.25) is 0 Å². The molecule has 0 bridgehead atoms. The van der Waals surface area contributed by atoms with E-state index in [2.05, 4.69) is 4.98 Å². The van der Waals surface area contributed by atoms with Crippen LogP contribution in [0.4, 0.5) is 4.39 Å². The largest absolute Gasteiger partial charge is 0.380 e. The number of H-pyrrole nitrogens is 1. The number of benzene rings is 1. The molecule has 0 amide bonds. The van der Waals surface area contributed by atoms with Gasteiger partial charge >= 0.3 is 0 Å². The minimum Gasteiger partial charge on any atom is -0.380 e. The fourth-order valence-corrected chi connectivity index (χ4v) is 2.04. The highest BCUT2D eigenvalue weighted by atomic mass is 32.2. The monoisotopic (exact) mass is 269 g/mol. The molecular weight excluding hydrogens is 257 g/mol. The normalized spacial score (nSPS) is 12.6. The van der Waals surface area contributed by atoms with Crippen molar-refractivity contribution in [3.8, 4) is 11.3 Å². The molecule has 0 saturated carbocycles. The van der Waals surface area contributed by atoms with Gasteiger partial charge in [-0.1, -0.05) is 6.07 Å². The van der Waals surface area contributed by atoms with Crippen LogP contribution in [0.2, 0.25) is 0 Å². The first-order valence-corrected chi connectivity index (χ1v) is 6.29. The van der Waals surface area contributed by atoms with Crippen molar-refractivity contribution in [2.24, 2.45) is 0 Å². The van der Waals surface area contributed by atoms with Crippen LogP contribution >= 0.6 is 0 Å². The number of ether oxygens (including phenoxy) is 1. The van der Waals surface area contributed by atoms with Gasteiger partial charge in [0.15, 0.2) is 11.1 Å². The maximum absolute atomic E-state index is 13.7. The van der Waals surface area contributed by atoms with Gasteiger partial charge in [0.05, 0.1) is 11.5 Å². The second-order valence-electron chi connectivity index (χ2n) is 3.75. The van der Waals surface area contributed by atoms with Crippen molar-refractivity contribution in [3.05, 3.63) is 41.8 Å². The summed E-state index contributed by atoms with van der Waals surface area (Å²) in [5.74, 6) is -0.396. The predicted octanol–water partition coefficient (Wildman–Crippen LogP) is 2.55. The fraction of sp³-hybridized carbons (Fsp3) is 0.167. The van der Waals surface area contributed by atoms with Crippen molar-refractivity contribution in [3.63, 3.8) is 0 Å². The van der Waals surface area contributed by atoms with Gasteiger partial charge in [-0.2, -0.15) is 0 Å². The van der Waals surface area contributed by atoms with Crippen LogP contribution in [-0.2, 0) is 22.4 Å². The smallest absolute Gasteiger partial charge is 0.188 e. The van der Waals surface area contributed by atoms with E-state index in [1.165, 1.54) is 18.3 Å². The number of rotatable bonds is 4. The Morgan fingerprint density at radius 1 is 1.44 bits per heavy atom. The van der Waals surface area contributed by atoms with Crippen LogP contribution in [0.15, 0.2) is 35.4 Å². The van der Waals surface area contributed by atoms with E-state index < -0.39 is 16.9 Å². The summed E-state index contributed by atoms with van der Waals surface area (Å²) in [6, 6.07) is 6.08. The Morgan fingerprint density at radius 3 is 2.83 bits per heavy atom. The van der Waals surface area contributed by atoms with Crippen LogP contribution < -0.4 is 0 Å². The van der Waals surface area contributed by atoms with Gasteiger partial charge < -0.3 is 14.3 Å². The molecular formula is C12H12FNO3S. The van der Waals surface area contributed by atoms with E-state index in [1.807, 2.05) is 0 Å². The zero-order valence-electron chi connectivity index (χ0n) is 9.64. The molecule has 0 fully saturated rings. The SMILES string of the molecule is COCc1ccc(F)c(-c2cc(S(=O)O)c[nH]2)c1. The summed E-state index contributed by atoms with van der Waals surface area (Å²) in [5, 5.41) is 0. The Bertz CT molecular complexity index is 582. The average Bonchev–Trinajstić information content (AvgIpc) is 2.81. The molecule has 96 valence electrons. The Morgan fingerprint density at radius 2 is 2.22 bits per heavy atom. The predicted molar refractivity (Wildman–Crippen MR) is 65.9 cm³/mol. The number of halogens is 1. The van der Waals surface area contributed by atoms with Crippen LogP contribution in [0.1, 0.15) is 5.56 Å². The summed E-state index contributed by atoms with van der Waals surface area (Å²) in [4.78, 5) is 2.99. The third-order valence-electron chi connectivity index (χ3n) is 2.49. The standard InChI is InChI=1S/C12H12FNO3S/c1-17-7-8-2-3-11(13)10(4-8)12-5-9(6-14-12)18(15)16/h2-6,14H,7H2,1H3,(H,15,16). The van der Waals surface area contributed by atoms with Crippen molar-refractivity contribution < 1.29 is 17.9 Å². The fourth-order valence-electron chi connectivity index (χ4n) is 1.67. The molecule has 0 aliphatic rings. The first-order valence-electron chi connectivity index (χ1n) is 5.19. The minimum absolute atomic E-state index is 0.210. The second kappa shape index (κ2) is 5.43. The second-order valence-corrected chi connectivity index (χ2v) is 4.72. The molecule has 0 aliphatic heterocycles. The number of hydrogen-bond donors (Lipinski definition) is 2. The summed E-state index contributed by atoms with van der Waals surface area (Å²) in [7, 11) is 1.56. The molecule has 4 nitrogen and oxygen atoms in total. The van der Waals surface area contributed by atoms with E-state index in [0.29, 0.717) is 17.9 Å². The summed E-state index contributed by atoms with van der Waals surface area (Å²) in [5.41, 5.74) is 1.64. The summed E-state index contributed by atoms with van der Waals surface area (Å²) < 4.78 is 38.5. The molecule has 2 aromatic rings. The molecule has 1 heterocycles. The van der Waals surface area contributed by atoms with Crippen molar-refractivity contribution in [2.75, 3.05) is 7.11 Å². The first kappa shape index (κ1) is 12.9. The molecule has 1 unspecified atom stereocenters. The zero-order chi connectivity index (χ0) is 13.1. The average molecular weight is 269 g/mol. The summed E-state index contributed by atoms with van der Waals surface area (Å²) in [6.45, 7) is 0.382. The van der Waals surface area contributed by atoms with Crippen LogP contribution in [0.5, 0.6) is 0 Å². The van der Waals surface area contributed by atoms with E-state index in [4.69, 9.17) is 9.29 Å². The van der Waals surface area contributed by atoms with Gasteiger partial charge in [-0.05, 0) is 23.8 Å². The van der Waals surface area contributed by atoms with Crippen molar-refractivity contribution in [1.82, 2.24) is 4.98 Å². The van der Waals surface area contributed by atoms with Gasteiger partial charge in [-0.15, -0.1) is 0 Å². The number of aromatic nitrogens is 1. The highest BCUT2D eigenvalue weighted by molar-refractivity contribution is 7.79. The summed E-state index contributed by atoms with van der Waals surface area (Å²) in [6.07, 6.45) is 1.38. The van der Waals surface area contributed by atoms with E-state index in [-0.39, 0.29) is 4.90 Å². The lowest BCUT2D eigenvalue weighted by molar-refractivity contribution is 0.185. The highest BCUT2D eigenvalue weighted by Gasteiger charge is 2.10. The topological polar surface area (TPSA) is 62.3 Å². The number of methoxy groups -OCH3 is 1. The van der Waals surface area contributed by atoms with Crippen LogP contribution in [0, 0.1) is 5.82 Å². The first-order chi connectivity index (χ1) is 8.61. The van der Waals surface area contributed by atoms with Gasteiger partial charge in [-0.3, -0.25) is 0 Å². The van der Waals surface area contributed by atoms with E-state index in [1.54, 1.807) is 19.2 Å². The van der Waals surface area contributed by atoms with Crippen LogP contribution in [0.3, 0.4) is 0 Å². The van der Waals surface area contributed by atoms with Crippen LogP contribution in [0.25, 0.3) is 11.3 Å². The van der Waals surface area contributed by atoms with Crippen LogP contribution in [-0.4, -0.2) is 20.9 Å². The molecule has 2 rings (SSSR count). The van der Waals surface area contributed by atoms with Gasteiger partial charge in [0, 0.05) is 24.6 Å². The molecule has 0 aliphatic carbocycles. The quantitative estimate of drug-likeness (QED) is 0.838. The zero-order valence-corrected chi connectivity index (χ0v) is 10.5. The minimum atomic E-state index is -2.08. The van der Waals surface area contributed by atoms with Crippen molar-refractivity contribution >= 4 is 11.1 Å². The molecule has 0 radical (unpaired) electrons. The van der Waals surface area contributed by atoms with Crippen molar-refractivity contribution in [2.45, 2.75) is 11.5 Å². The van der Waals surface area contributed by atoms with Gasteiger partial charge in [0.1, 0.15) is 5.82 Å². The van der Waals surface area contributed by atoms with E-state index in [9.17, 15) is 8.60 Å². The highest BCUT2D eigenvalue weighted by Crippen LogP contribution is 2.24.